The number of para-hydroxylation sites is 1. The number of hydrogen-bond acceptors (Lipinski definition) is 1. The molecule has 2 rings (SSSR count). The fourth-order valence-electron chi connectivity index (χ4n) is 2.04. The molecule has 0 unspecified atom stereocenters. The molecule has 0 radical (unpaired) electrons. The van der Waals surface area contributed by atoms with Crippen LogP contribution in [0.3, 0.4) is 0 Å². The van der Waals surface area contributed by atoms with Gasteiger partial charge in [-0.3, -0.25) is 0 Å². The molecule has 0 N–H and O–H groups in total. The average Bonchev–Trinajstić information content (AvgIpc) is 2.26. The van der Waals surface area contributed by atoms with Crippen molar-refractivity contribution in [2.24, 2.45) is 0 Å². The molecule has 72 valence electrons. The lowest BCUT2D eigenvalue weighted by Gasteiger charge is -2.30. The molecule has 0 saturated heterocycles. The summed E-state index contributed by atoms with van der Waals surface area (Å²) in [4.78, 5) is 2.40. The minimum Gasteiger partial charge on any atom is -0.370 e. The normalized spacial score (nSPS) is 14.6. The Bertz CT molecular complexity index is 348. The van der Waals surface area contributed by atoms with E-state index in [9.17, 15) is 0 Å². The molecular formula is C13H15N. The number of benzene rings is 1. The van der Waals surface area contributed by atoms with E-state index in [1.54, 1.807) is 0 Å². The molecule has 1 aliphatic rings. The first-order valence-corrected chi connectivity index (χ1v) is 5.18. The molecule has 1 aliphatic heterocycles. The van der Waals surface area contributed by atoms with Crippen molar-refractivity contribution < 1.29 is 0 Å². The number of rotatable bonds is 2. The van der Waals surface area contributed by atoms with Gasteiger partial charge in [-0.1, -0.05) is 18.2 Å². The standard InChI is InChI=1S/C13H15N/c1-2-3-10-14-11-6-8-12-7-4-5-9-13(12)14/h1,4-5,7,9H,3,6,8,10-11H2. The van der Waals surface area contributed by atoms with Gasteiger partial charge in [-0.05, 0) is 24.5 Å². The molecule has 0 aliphatic carbocycles. The molecule has 14 heavy (non-hydrogen) atoms. The van der Waals surface area contributed by atoms with Gasteiger partial charge in [-0.25, -0.2) is 0 Å². The van der Waals surface area contributed by atoms with Crippen LogP contribution in [0, 0.1) is 12.3 Å². The zero-order valence-electron chi connectivity index (χ0n) is 8.37. The average molecular weight is 185 g/mol. The van der Waals surface area contributed by atoms with Gasteiger partial charge < -0.3 is 4.90 Å². The number of terminal acetylenes is 1. The van der Waals surface area contributed by atoms with Crippen LogP contribution in [0.4, 0.5) is 5.69 Å². The molecule has 0 fully saturated rings. The molecule has 1 heteroatoms. The minimum atomic E-state index is 0.842. The molecular weight excluding hydrogens is 170 g/mol. The van der Waals surface area contributed by atoms with Gasteiger partial charge in [0.1, 0.15) is 0 Å². The summed E-state index contributed by atoms with van der Waals surface area (Å²) in [6.45, 7) is 2.15. The SMILES string of the molecule is C#CCCN1CCCc2ccccc21. The van der Waals surface area contributed by atoms with E-state index >= 15 is 0 Å². The Morgan fingerprint density at radius 1 is 1.36 bits per heavy atom. The van der Waals surface area contributed by atoms with Gasteiger partial charge in [-0.2, -0.15) is 0 Å². The molecule has 0 aromatic heterocycles. The van der Waals surface area contributed by atoms with Crippen molar-refractivity contribution >= 4 is 5.69 Å². The number of aryl methyl sites for hydroxylation is 1. The van der Waals surface area contributed by atoms with E-state index in [1.807, 2.05) is 0 Å². The second-order valence-electron chi connectivity index (χ2n) is 3.67. The zero-order valence-corrected chi connectivity index (χ0v) is 8.37. The maximum absolute atomic E-state index is 5.29. The van der Waals surface area contributed by atoms with Crippen LogP contribution < -0.4 is 4.90 Å². The van der Waals surface area contributed by atoms with E-state index in [2.05, 4.69) is 35.1 Å². The molecule has 1 heterocycles. The van der Waals surface area contributed by atoms with Crippen LogP contribution in [-0.2, 0) is 6.42 Å². The van der Waals surface area contributed by atoms with E-state index in [4.69, 9.17) is 6.42 Å². The molecule has 0 amide bonds. The first-order valence-electron chi connectivity index (χ1n) is 5.18. The highest BCUT2D eigenvalue weighted by molar-refractivity contribution is 5.55. The topological polar surface area (TPSA) is 3.24 Å². The van der Waals surface area contributed by atoms with Gasteiger partial charge in [-0.15, -0.1) is 12.3 Å². The van der Waals surface area contributed by atoms with Crippen LogP contribution in [-0.4, -0.2) is 13.1 Å². The number of fused-ring (bicyclic) bond motifs is 1. The van der Waals surface area contributed by atoms with Gasteiger partial charge in [0.15, 0.2) is 0 Å². The number of hydrogen-bond donors (Lipinski definition) is 0. The molecule has 0 spiro atoms. The van der Waals surface area contributed by atoms with Crippen LogP contribution in [0.2, 0.25) is 0 Å². The number of anilines is 1. The van der Waals surface area contributed by atoms with Crippen molar-refractivity contribution in [3.63, 3.8) is 0 Å². The molecule has 1 nitrogen and oxygen atoms in total. The monoisotopic (exact) mass is 185 g/mol. The Kier molecular flexibility index (Phi) is 2.74. The van der Waals surface area contributed by atoms with Gasteiger partial charge in [0, 0.05) is 25.2 Å². The summed E-state index contributed by atoms with van der Waals surface area (Å²) in [6, 6.07) is 8.64. The third-order valence-electron chi connectivity index (χ3n) is 2.73. The van der Waals surface area contributed by atoms with E-state index in [0.717, 1.165) is 19.5 Å². The Morgan fingerprint density at radius 2 is 2.21 bits per heavy atom. The van der Waals surface area contributed by atoms with Crippen LogP contribution in [0.5, 0.6) is 0 Å². The van der Waals surface area contributed by atoms with Crippen LogP contribution in [0.25, 0.3) is 0 Å². The lowest BCUT2D eigenvalue weighted by molar-refractivity contribution is 0.695. The van der Waals surface area contributed by atoms with Crippen molar-refractivity contribution in [1.82, 2.24) is 0 Å². The van der Waals surface area contributed by atoms with E-state index in [-0.39, 0.29) is 0 Å². The second kappa shape index (κ2) is 4.19. The predicted molar refractivity (Wildman–Crippen MR) is 60.4 cm³/mol. The fraction of sp³-hybridized carbons (Fsp3) is 0.385. The van der Waals surface area contributed by atoms with Crippen LogP contribution in [0.1, 0.15) is 18.4 Å². The van der Waals surface area contributed by atoms with E-state index < -0.39 is 0 Å². The van der Waals surface area contributed by atoms with Crippen molar-refractivity contribution in [2.75, 3.05) is 18.0 Å². The number of nitrogens with zero attached hydrogens (tertiary/aromatic N) is 1. The third-order valence-corrected chi connectivity index (χ3v) is 2.73. The van der Waals surface area contributed by atoms with Crippen molar-refractivity contribution in [3.8, 4) is 12.3 Å². The van der Waals surface area contributed by atoms with Gasteiger partial charge in [0.2, 0.25) is 0 Å². The zero-order chi connectivity index (χ0) is 9.80. The lowest BCUT2D eigenvalue weighted by Crippen LogP contribution is -2.29. The smallest absolute Gasteiger partial charge is 0.0399 e. The quantitative estimate of drug-likeness (QED) is 0.640. The summed E-state index contributed by atoms with van der Waals surface area (Å²) in [5.74, 6) is 2.70. The van der Waals surface area contributed by atoms with Gasteiger partial charge >= 0.3 is 0 Å². The molecule has 0 bridgehead atoms. The Morgan fingerprint density at radius 3 is 3.07 bits per heavy atom. The molecule has 1 aromatic rings. The van der Waals surface area contributed by atoms with E-state index in [1.165, 1.54) is 24.1 Å². The predicted octanol–water partition coefficient (Wildman–Crippen LogP) is 2.46. The minimum absolute atomic E-state index is 0.842. The fourth-order valence-corrected chi connectivity index (χ4v) is 2.04. The summed E-state index contributed by atoms with van der Waals surface area (Å²) in [5, 5.41) is 0. The van der Waals surface area contributed by atoms with Crippen molar-refractivity contribution in [1.29, 1.82) is 0 Å². The maximum atomic E-state index is 5.29. The second-order valence-corrected chi connectivity index (χ2v) is 3.67. The summed E-state index contributed by atoms with van der Waals surface area (Å²) >= 11 is 0. The summed E-state index contributed by atoms with van der Waals surface area (Å²) in [5.41, 5.74) is 2.85. The van der Waals surface area contributed by atoms with Crippen molar-refractivity contribution in [2.45, 2.75) is 19.3 Å². The van der Waals surface area contributed by atoms with Crippen molar-refractivity contribution in [3.05, 3.63) is 29.8 Å². The van der Waals surface area contributed by atoms with E-state index in [0.29, 0.717) is 0 Å². The van der Waals surface area contributed by atoms with Gasteiger partial charge in [0.25, 0.3) is 0 Å². The molecule has 0 saturated carbocycles. The first kappa shape index (κ1) is 9.15. The summed E-state index contributed by atoms with van der Waals surface area (Å²) in [6.07, 6.45) is 8.59. The highest BCUT2D eigenvalue weighted by atomic mass is 15.1. The molecule has 0 atom stereocenters. The Hall–Kier alpha value is -1.42. The Labute approximate surface area is 85.7 Å². The molecule has 1 aromatic carbocycles. The lowest BCUT2D eigenvalue weighted by atomic mass is 10.0. The van der Waals surface area contributed by atoms with Gasteiger partial charge in [0.05, 0.1) is 0 Å². The van der Waals surface area contributed by atoms with Crippen LogP contribution in [0.15, 0.2) is 24.3 Å². The maximum Gasteiger partial charge on any atom is 0.0399 e. The highest BCUT2D eigenvalue weighted by Gasteiger charge is 2.14. The first-order chi connectivity index (χ1) is 6.92. The van der Waals surface area contributed by atoms with Crippen LogP contribution >= 0.6 is 0 Å². The summed E-state index contributed by atoms with van der Waals surface area (Å²) in [7, 11) is 0. The Balaban J connectivity index is 2.18. The largest absolute Gasteiger partial charge is 0.370 e. The third kappa shape index (κ3) is 1.75. The highest BCUT2D eigenvalue weighted by Crippen LogP contribution is 2.26. The summed E-state index contributed by atoms with van der Waals surface area (Å²) < 4.78 is 0.